The Labute approximate surface area is 111 Å². The molecule has 110 valence electrons. The smallest absolute Gasteiger partial charge is 0.412 e. The van der Waals surface area contributed by atoms with Gasteiger partial charge in [0.1, 0.15) is 0 Å². The number of hydrogen-bond donors (Lipinski definition) is 0. The van der Waals surface area contributed by atoms with Crippen molar-refractivity contribution >= 4 is 5.78 Å². The maximum atomic E-state index is 13.4. The van der Waals surface area contributed by atoms with E-state index in [9.17, 15) is 26.7 Å². The van der Waals surface area contributed by atoms with Crippen LogP contribution in [0.3, 0.4) is 0 Å². The van der Waals surface area contributed by atoms with Gasteiger partial charge in [-0.2, -0.15) is 17.6 Å². The van der Waals surface area contributed by atoms with Gasteiger partial charge in [-0.25, -0.2) is 4.39 Å². The summed E-state index contributed by atoms with van der Waals surface area (Å²) in [7, 11) is 0.990. The molecular formula is C13H11F5O2. The van der Waals surface area contributed by atoms with Crippen LogP contribution in [0, 0.1) is 11.6 Å². The van der Waals surface area contributed by atoms with E-state index in [0.717, 1.165) is 27.0 Å². The second kappa shape index (κ2) is 5.60. The van der Waals surface area contributed by atoms with Crippen LogP contribution >= 0.6 is 0 Å². The molecule has 20 heavy (non-hydrogen) atoms. The molecule has 0 aliphatic heterocycles. The zero-order valence-electron chi connectivity index (χ0n) is 10.9. The molecule has 1 aromatic carbocycles. The van der Waals surface area contributed by atoms with E-state index < -0.39 is 46.1 Å². The third-order valence-electron chi connectivity index (χ3n) is 2.83. The topological polar surface area (TPSA) is 26.3 Å². The summed E-state index contributed by atoms with van der Waals surface area (Å²) < 4.78 is 68.6. The summed E-state index contributed by atoms with van der Waals surface area (Å²) >= 11 is 0. The number of benzene rings is 1. The second-order valence-corrected chi connectivity index (χ2v) is 4.02. The van der Waals surface area contributed by atoms with Gasteiger partial charge >= 0.3 is 6.18 Å². The molecule has 0 heterocycles. The van der Waals surface area contributed by atoms with E-state index in [-0.39, 0.29) is 0 Å². The number of Topliss-reactive ketones (excluding diaryl/α,β-unsaturated/α-hetero) is 1. The number of allylic oxidation sites excluding steroid dienone is 2. The molecule has 0 N–H and O–H groups in total. The Hall–Kier alpha value is -1.92. The Kier molecular flexibility index (Phi) is 4.52. The molecule has 0 radical (unpaired) electrons. The SMILES string of the molecule is COc1c(C(=O)/C(C)=C(\C)C(F)(F)F)ccc(F)c1F. The van der Waals surface area contributed by atoms with Crippen molar-refractivity contribution in [3.05, 3.63) is 40.5 Å². The van der Waals surface area contributed by atoms with Gasteiger partial charge in [0.2, 0.25) is 5.82 Å². The van der Waals surface area contributed by atoms with Gasteiger partial charge < -0.3 is 4.74 Å². The lowest BCUT2D eigenvalue weighted by atomic mass is 9.99. The molecule has 0 amide bonds. The van der Waals surface area contributed by atoms with Crippen molar-refractivity contribution in [3.63, 3.8) is 0 Å². The monoisotopic (exact) mass is 294 g/mol. The molecule has 1 aromatic rings. The van der Waals surface area contributed by atoms with E-state index in [1.807, 2.05) is 0 Å². The lowest BCUT2D eigenvalue weighted by Crippen LogP contribution is -2.15. The summed E-state index contributed by atoms with van der Waals surface area (Å²) in [6.45, 7) is 1.70. The number of hydrogen-bond acceptors (Lipinski definition) is 2. The number of methoxy groups -OCH3 is 1. The van der Waals surface area contributed by atoms with Gasteiger partial charge in [0.05, 0.1) is 12.7 Å². The third kappa shape index (κ3) is 2.97. The van der Waals surface area contributed by atoms with Crippen LogP contribution in [-0.2, 0) is 0 Å². The zero-order chi connectivity index (χ0) is 15.7. The Balaban J connectivity index is 3.40. The van der Waals surface area contributed by atoms with Crippen LogP contribution in [0.25, 0.3) is 0 Å². The second-order valence-electron chi connectivity index (χ2n) is 4.02. The van der Waals surface area contributed by atoms with Gasteiger partial charge in [-0.3, -0.25) is 4.79 Å². The average molecular weight is 294 g/mol. The van der Waals surface area contributed by atoms with Crippen molar-refractivity contribution < 1.29 is 31.5 Å². The molecule has 0 bridgehead atoms. The molecule has 0 saturated carbocycles. The summed E-state index contributed by atoms with van der Waals surface area (Å²) in [6, 6.07) is 1.54. The number of carbonyl (C=O) groups excluding carboxylic acids is 1. The standard InChI is InChI=1S/C13H11F5O2/c1-6(7(2)13(16,17)18)11(19)8-4-5-9(14)10(15)12(8)20-3/h4-5H,1-3H3/b7-6+. The van der Waals surface area contributed by atoms with E-state index in [1.165, 1.54) is 0 Å². The summed E-state index contributed by atoms with van der Waals surface area (Å²) in [5.41, 5.74) is -2.18. The molecule has 0 aromatic heterocycles. The summed E-state index contributed by atoms with van der Waals surface area (Å²) in [4.78, 5) is 11.9. The van der Waals surface area contributed by atoms with Crippen LogP contribution in [0.5, 0.6) is 5.75 Å². The van der Waals surface area contributed by atoms with Gasteiger partial charge in [-0.05, 0) is 26.0 Å². The van der Waals surface area contributed by atoms with Crippen molar-refractivity contribution in [2.24, 2.45) is 0 Å². The van der Waals surface area contributed by atoms with Crippen LogP contribution in [0.15, 0.2) is 23.3 Å². The van der Waals surface area contributed by atoms with Crippen LogP contribution < -0.4 is 4.74 Å². The van der Waals surface area contributed by atoms with Crippen LogP contribution in [0.2, 0.25) is 0 Å². The van der Waals surface area contributed by atoms with Gasteiger partial charge in [0.15, 0.2) is 17.3 Å². The van der Waals surface area contributed by atoms with Crippen molar-refractivity contribution in [3.8, 4) is 5.75 Å². The largest absolute Gasteiger partial charge is 0.493 e. The number of ketones is 1. The zero-order valence-corrected chi connectivity index (χ0v) is 10.9. The predicted molar refractivity (Wildman–Crippen MR) is 61.7 cm³/mol. The number of ether oxygens (including phenoxy) is 1. The first-order valence-electron chi connectivity index (χ1n) is 5.42. The Morgan fingerprint density at radius 1 is 1.15 bits per heavy atom. The van der Waals surface area contributed by atoms with Crippen molar-refractivity contribution in [1.29, 1.82) is 0 Å². The molecule has 7 heteroatoms. The first kappa shape index (κ1) is 16.1. The van der Waals surface area contributed by atoms with Gasteiger partial charge in [-0.1, -0.05) is 0 Å². The molecule has 1 rings (SSSR count). The van der Waals surface area contributed by atoms with E-state index in [2.05, 4.69) is 4.74 Å². The third-order valence-corrected chi connectivity index (χ3v) is 2.83. The molecule has 0 aliphatic rings. The fourth-order valence-corrected chi connectivity index (χ4v) is 1.50. The quantitative estimate of drug-likeness (QED) is 0.477. The van der Waals surface area contributed by atoms with Gasteiger partial charge in [-0.15, -0.1) is 0 Å². The predicted octanol–water partition coefficient (Wildman–Crippen LogP) is 4.05. The van der Waals surface area contributed by atoms with Crippen molar-refractivity contribution in [2.45, 2.75) is 20.0 Å². The molecule has 0 aliphatic carbocycles. The lowest BCUT2D eigenvalue weighted by molar-refractivity contribution is -0.0920. The van der Waals surface area contributed by atoms with Crippen LogP contribution in [-0.4, -0.2) is 19.1 Å². The highest BCUT2D eigenvalue weighted by molar-refractivity contribution is 6.10. The lowest BCUT2D eigenvalue weighted by Gasteiger charge is -2.13. The average Bonchev–Trinajstić information content (AvgIpc) is 2.38. The number of carbonyl (C=O) groups is 1. The fraction of sp³-hybridized carbons (Fsp3) is 0.308. The number of alkyl halides is 3. The minimum Gasteiger partial charge on any atom is -0.493 e. The van der Waals surface area contributed by atoms with E-state index in [1.54, 1.807) is 0 Å². The summed E-state index contributed by atoms with van der Waals surface area (Å²) in [5.74, 6) is -4.47. The highest BCUT2D eigenvalue weighted by Crippen LogP contribution is 2.32. The molecule has 0 spiro atoms. The number of rotatable bonds is 3. The Morgan fingerprint density at radius 2 is 1.70 bits per heavy atom. The van der Waals surface area contributed by atoms with E-state index in [0.29, 0.717) is 6.07 Å². The Morgan fingerprint density at radius 3 is 2.15 bits per heavy atom. The van der Waals surface area contributed by atoms with Crippen LogP contribution in [0.1, 0.15) is 24.2 Å². The molecule has 0 atom stereocenters. The minimum atomic E-state index is -4.68. The first-order chi connectivity index (χ1) is 9.11. The fourth-order valence-electron chi connectivity index (χ4n) is 1.50. The van der Waals surface area contributed by atoms with E-state index in [4.69, 9.17) is 0 Å². The van der Waals surface area contributed by atoms with Crippen LogP contribution in [0.4, 0.5) is 22.0 Å². The van der Waals surface area contributed by atoms with Gasteiger partial charge in [0, 0.05) is 11.1 Å². The molecule has 0 saturated heterocycles. The maximum absolute atomic E-state index is 13.4. The highest BCUT2D eigenvalue weighted by atomic mass is 19.4. The minimum absolute atomic E-state index is 0.465. The number of halogens is 5. The maximum Gasteiger partial charge on any atom is 0.412 e. The summed E-state index contributed by atoms with van der Waals surface area (Å²) in [6.07, 6.45) is -4.68. The normalized spacial score (nSPS) is 13.0. The van der Waals surface area contributed by atoms with Crippen molar-refractivity contribution in [2.75, 3.05) is 7.11 Å². The highest BCUT2D eigenvalue weighted by Gasteiger charge is 2.34. The van der Waals surface area contributed by atoms with Crippen molar-refractivity contribution in [1.82, 2.24) is 0 Å². The molecular weight excluding hydrogens is 283 g/mol. The van der Waals surface area contributed by atoms with E-state index >= 15 is 0 Å². The molecule has 2 nitrogen and oxygen atoms in total. The molecule has 0 unspecified atom stereocenters. The van der Waals surface area contributed by atoms with Gasteiger partial charge in [0.25, 0.3) is 0 Å². The summed E-state index contributed by atoms with van der Waals surface area (Å²) in [5, 5.41) is 0. The Bertz CT molecular complexity index is 573. The first-order valence-corrected chi connectivity index (χ1v) is 5.42. The molecule has 0 fully saturated rings.